The predicted molar refractivity (Wildman–Crippen MR) is 111 cm³/mol. The smallest absolute Gasteiger partial charge is 0.243 e. The summed E-state index contributed by atoms with van der Waals surface area (Å²) in [7, 11) is -2.34. The summed E-state index contributed by atoms with van der Waals surface area (Å²) in [6.07, 6.45) is 0.302. The minimum atomic E-state index is -3.82. The third kappa shape index (κ3) is 4.38. The van der Waals surface area contributed by atoms with Gasteiger partial charge in [-0.25, -0.2) is 8.42 Å². The first kappa shape index (κ1) is 20.0. The lowest BCUT2D eigenvalue weighted by Gasteiger charge is -2.27. The maximum absolute atomic E-state index is 13.2. The van der Waals surface area contributed by atoms with E-state index >= 15 is 0 Å². The van der Waals surface area contributed by atoms with E-state index in [1.807, 2.05) is 43.3 Å². The average molecular weight is 394 g/mol. The Morgan fingerprint density at radius 3 is 1.96 bits per heavy atom. The van der Waals surface area contributed by atoms with Gasteiger partial charge in [0, 0.05) is 12.6 Å². The van der Waals surface area contributed by atoms with Crippen LogP contribution in [-0.2, 0) is 16.4 Å². The fourth-order valence-corrected chi connectivity index (χ4v) is 4.38. The number of likely N-dealkylation sites (N-methyl/N-ethyl adjacent to an activating group) is 1. The molecule has 1 unspecified atom stereocenters. The van der Waals surface area contributed by atoms with Gasteiger partial charge < -0.3 is 0 Å². The van der Waals surface area contributed by atoms with Crippen molar-refractivity contribution in [2.75, 3.05) is 7.05 Å². The molecule has 3 aromatic rings. The summed E-state index contributed by atoms with van der Waals surface area (Å²) in [5, 5.41) is 0. The van der Waals surface area contributed by atoms with Crippen LogP contribution in [0, 0.1) is 6.92 Å². The van der Waals surface area contributed by atoms with E-state index < -0.39 is 16.1 Å². The SMILES string of the molecule is Cc1ccc(S(=O)(=O)N(C)C(Cc2ccccc2)C(=O)c2ccccc2)cc1. The first-order valence-corrected chi connectivity index (χ1v) is 10.5. The molecule has 3 rings (SSSR count). The van der Waals surface area contributed by atoms with Crippen molar-refractivity contribution in [3.8, 4) is 0 Å². The zero-order valence-electron chi connectivity index (χ0n) is 15.9. The van der Waals surface area contributed by atoms with E-state index in [0.717, 1.165) is 11.1 Å². The highest BCUT2D eigenvalue weighted by Crippen LogP contribution is 2.22. The number of hydrogen-bond acceptors (Lipinski definition) is 3. The van der Waals surface area contributed by atoms with Crippen molar-refractivity contribution in [3.63, 3.8) is 0 Å². The van der Waals surface area contributed by atoms with Crippen LogP contribution in [0.4, 0.5) is 0 Å². The summed E-state index contributed by atoms with van der Waals surface area (Å²) in [6, 6.07) is 24.1. The lowest BCUT2D eigenvalue weighted by molar-refractivity contribution is 0.0907. The highest BCUT2D eigenvalue weighted by molar-refractivity contribution is 7.89. The van der Waals surface area contributed by atoms with Gasteiger partial charge in [-0.1, -0.05) is 78.4 Å². The Morgan fingerprint density at radius 2 is 1.39 bits per heavy atom. The van der Waals surface area contributed by atoms with E-state index in [4.69, 9.17) is 0 Å². The molecule has 28 heavy (non-hydrogen) atoms. The molecule has 3 aromatic carbocycles. The number of sulfonamides is 1. The van der Waals surface area contributed by atoms with E-state index in [2.05, 4.69) is 0 Å². The molecule has 0 bridgehead atoms. The van der Waals surface area contributed by atoms with Gasteiger partial charge in [-0.15, -0.1) is 0 Å². The molecule has 0 aliphatic rings. The van der Waals surface area contributed by atoms with Crippen molar-refractivity contribution < 1.29 is 13.2 Å². The molecule has 0 amide bonds. The summed E-state index contributed by atoms with van der Waals surface area (Å²) in [5.41, 5.74) is 2.37. The molecule has 0 spiro atoms. The van der Waals surface area contributed by atoms with Crippen molar-refractivity contribution in [2.45, 2.75) is 24.3 Å². The fraction of sp³-hybridized carbons (Fsp3) is 0.174. The predicted octanol–water partition coefficient (Wildman–Crippen LogP) is 4.11. The molecule has 0 heterocycles. The number of nitrogens with zero attached hydrogens (tertiary/aromatic N) is 1. The van der Waals surface area contributed by atoms with Crippen molar-refractivity contribution in [1.29, 1.82) is 0 Å². The standard InChI is InChI=1S/C23H23NO3S/c1-18-13-15-21(16-14-18)28(26,27)24(2)22(17-19-9-5-3-6-10-19)23(25)20-11-7-4-8-12-20/h3-16,22H,17H2,1-2H3. The zero-order valence-corrected chi connectivity index (χ0v) is 16.8. The Kier molecular flexibility index (Phi) is 6.07. The average Bonchev–Trinajstić information content (AvgIpc) is 2.73. The Labute approximate surface area is 166 Å². The Balaban J connectivity index is 1.99. The third-order valence-electron chi connectivity index (χ3n) is 4.77. The Bertz CT molecular complexity index is 1030. The summed E-state index contributed by atoms with van der Waals surface area (Å²) < 4.78 is 27.6. The number of aryl methyl sites for hydroxylation is 1. The number of ketones is 1. The van der Waals surface area contributed by atoms with Crippen LogP contribution in [0.2, 0.25) is 0 Å². The van der Waals surface area contributed by atoms with Crippen LogP contribution in [0.5, 0.6) is 0 Å². The maximum Gasteiger partial charge on any atom is 0.243 e. The van der Waals surface area contributed by atoms with E-state index in [0.29, 0.717) is 12.0 Å². The number of hydrogen-bond donors (Lipinski definition) is 0. The molecule has 4 nitrogen and oxygen atoms in total. The number of carbonyl (C=O) groups is 1. The van der Waals surface area contributed by atoms with E-state index in [9.17, 15) is 13.2 Å². The Hall–Kier alpha value is -2.76. The van der Waals surface area contributed by atoms with Crippen LogP contribution in [-0.4, -0.2) is 31.6 Å². The third-order valence-corrected chi connectivity index (χ3v) is 6.65. The zero-order chi connectivity index (χ0) is 20.1. The maximum atomic E-state index is 13.2. The molecule has 0 fully saturated rings. The summed E-state index contributed by atoms with van der Waals surface area (Å²) >= 11 is 0. The number of Topliss-reactive ketones (excluding diaryl/α,β-unsaturated/α-hetero) is 1. The monoisotopic (exact) mass is 393 g/mol. The van der Waals surface area contributed by atoms with Gasteiger partial charge in [-0.3, -0.25) is 4.79 Å². The largest absolute Gasteiger partial charge is 0.292 e. The lowest BCUT2D eigenvalue weighted by Crippen LogP contribution is -2.43. The van der Waals surface area contributed by atoms with Gasteiger partial charge in [-0.05, 0) is 31.0 Å². The van der Waals surface area contributed by atoms with E-state index in [-0.39, 0.29) is 10.7 Å². The highest BCUT2D eigenvalue weighted by atomic mass is 32.2. The van der Waals surface area contributed by atoms with Crippen molar-refractivity contribution in [1.82, 2.24) is 4.31 Å². The molecular weight excluding hydrogens is 370 g/mol. The van der Waals surface area contributed by atoms with Crippen LogP contribution < -0.4 is 0 Å². The Morgan fingerprint density at radius 1 is 0.857 bits per heavy atom. The molecule has 0 saturated heterocycles. The van der Waals surface area contributed by atoms with Gasteiger partial charge >= 0.3 is 0 Å². The molecular formula is C23H23NO3S. The minimum absolute atomic E-state index is 0.180. The van der Waals surface area contributed by atoms with Crippen LogP contribution in [0.3, 0.4) is 0 Å². The van der Waals surface area contributed by atoms with E-state index in [1.54, 1.807) is 48.5 Å². The van der Waals surface area contributed by atoms with Gasteiger partial charge in [-0.2, -0.15) is 4.31 Å². The van der Waals surface area contributed by atoms with E-state index in [1.165, 1.54) is 11.4 Å². The van der Waals surface area contributed by atoms with Crippen LogP contribution in [0.15, 0.2) is 89.8 Å². The number of carbonyl (C=O) groups excluding carboxylic acids is 1. The normalized spacial score (nSPS) is 12.7. The van der Waals surface area contributed by atoms with Crippen LogP contribution in [0.1, 0.15) is 21.5 Å². The first-order valence-electron chi connectivity index (χ1n) is 9.07. The second-order valence-electron chi connectivity index (χ2n) is 6.77. The first-order chi connectivity index (χ1) is 13.4. The van der Waals surface area contributed by atoms with Gasteiger partial charge in [0.2, 0.25) is 10.0 Å². The van der Waals surface area contributed by atoms with Crippen molar-refractivity contribution in [3.05, 3.63) is 102 Å². The van der Waals surface area contributed by atoms with Gasteiger partial charge in [0.1, 0.15) is 0 Å². The van der Waals surface area contributed by atoms with Gasteiger partial charge in [0.25, 0.3) is 0 Å². The summed E-state index contributed by atoms with van der Waals surface area (Å²) in [6.45, 7) is 1.90. The molecule has 0 aromatic heterocycles. The summed E-state index contributed by atoms with van der Waals surface area (Å²) in [5.74, 6) is -0.220. The molecule has 0 radical (unpaired) electrons. The van der Waals surface area contributed by atoms with Gasteiger partial charge in [0.15, 0.2) is 5.78 Å². The topological polar surface area (TPSA) is 54.5 Å². The molecule has 0 aliphatic heterocycles. The molecule has 5 heteroatoms. The van der Waals surface area contributed by atoms with Crippen molar-refractivity contribution >= 4 is 15.8 Å². The number of benzene rings is 3. The molecule has 0 aliphatic carbocycles. The summed E-state index contributed by atoms with van der Waals surface area (Å²) in [4.78, 5) is 13.4. The molecule has 144 valence electrons. The van der Waals surface area contributed by atoms with Crippen molar-refractivity contribution in [2.24, 2.45) is 0 Å². The molecule has 0 saturated carbocycles. The second-order valence-corrected chi connectivity index (χ2v) is 8.77. The quantitative estimate of drug-likeness (QED) is 0.568. The minimum Gasteiger partial charge on any atom is -0.292 e. The molecule has 1 atom stereocenters. The fourth-order valence-electron chi connectivity index (χ4n) is 3.06. The second kappa shape index (κ2) is 8.50. The highest BCUT2D eigenvalue weighted by Gasteiger charge is 2.33. The van der Waals surface area contributed by atoms with Gasteiger partial charge in [0.05, 0.1) is 10.9 Å². The lowest BCUT2D eigenvalue weighted by atomic mass is 9.98. The molecule has 0 N–H and O–H groups in total. The van der Waals surface area contributed by atoms with Crippen LogP contribution in [0.25, 0.3) is 0 Å². The van der Waals surface area contributed by atoms with Crippen LogP contribution >= 0.6 is 0 Å². The number of rotatable bonds is 7.